The molecule has 1 aromatic carbocycles. The van der Waals surface area contributed by atoms with Crippen LogP contribution in [-0.4, -0.2) is 21.5 Å². The summed E-state index contributed by atoms with van der Waals surface area (Å²) in [4.78, 5) is 25.3. The Labute approximate surface area is 176 Å². The van der Waals surface area contributed by atoms with Crippen molar-refractivity contribution in [1.82, 2.24) is 9.78 Å². The highest BCUT2D eigenvalue weighted by Crippen LogP contribution is 2.39. The lowest BCUT2D eigenvalue weighted by Crippen LogP contribution is -2.26. The first-order valence-corrected chi connectivity index (χ1v) is 9.64. The van der Waals surface area contributed by atoms with Gasteiger partial charge >= 0.3 is 6.18 Å². The van der Waals surface area contributed by atoms with E-state index in [0.717, 1.165) is 6.07 Å². The van der Waals surface area contributed by atoms with Crippen LogP contribution in [0, 0.1) is 12.3 Å². The maximum Gasteiger partial charge on any atom is 0.418 e. The molecule has 3 aromatic rings. The summed E-state index contributed by atoms with van der Waals surface area (Å²) < 4.78 is 48.0. The molecule has 1 aliphatic rings. The minimum Gasteiger partial charge on any atom is -0.455 e. The van der Waals surface area contributed by atoms with Crippen LogP contribution in [-0.2, 0) is 12.6 Å². The second-order valence-electron chi connectivity index (χ2n) is 8.43. The molecule has 0 aliphatic heterocycles. The first kappa shape index (κ1) is 20.9. The Morgan fingerprint density at radius 3 is 2.65 bits per heavy atom. The number of furan rings is 1. The van der Waals surface area contributed by atoms with Gasteiger partial charge in [0.2, 0.25) is 0 Å². The van der Waals surface area contributed by atoms with Crippen molar-refractivity contribution in [3.8, 4) is 5.69 Å². The van der Waals surface area contributed by atoms with E-state index in [-0.39, 0.29) is 22.6 Å². The van der Waals surface area contributed by atoms with E-state index in [2.05, 4.69) is 10.4 Å². The number of benzene rings is 1. The normalized spacial score (nSPS) is 15.6. The molecule has 0 radical (unpaired) electrons. The number of carbonyl (C=O) groups is 2. The number of carbonyl (C=O) groups excluding carboxylic acids is 2. The lowest BCUT2D eigenvalue weighted by Gasteiger charge is -2.27. The Hall–Kier alpha value is -3.36. The number of hydrogen-bond acceptors (Lipinski definition) is 4. The Morgan fingerprint density at radius 2 is 2.00 bits per heavy atom. The molecule has 9 heteroatoms. The molecular formula is C22H20F3N3O3. The Kier molecular flexibility index (Phi) is 4.79. The second-order valence-corrected chi connectivity index (χ2v) is 8.43. The zero-order valence-electron chi connectivity index (χ0n) is 17.1. The van der Waals surface area contributed by atoms with Crippen molar-refractivity contribution < 1.29 is 27.2 Å². The fourth-order valence-electron chi connectivity index (χ4n) is 3.92. The lowest BCUT2D eigenvalue weighted by molar-refractivity contribution is -0.136. The molecule has 31 heavy (non-hydrogen) atoms. The maximum absolute atomic E-state index is 13.7. The third-order valence-electron chi connectivity index (χ3n) is 5.31. The van der Waals surface area contributed by atoms with Crippen molar-refractivity contribution in [2.75, 3.05) is 5.32 Å². The van der Waals surface area contributed by atoms with Crippen LogP contribution < -0.4 is 5.32 Å². The number of anilines is 1. The van der Waals surface area contributed by atoms with Gasteiger partial charge in [-0.1, -0.05) is 13.8 Å². The van der Waals surface area contributed by atoms with Gasteiger partial charge in [0, 0.05) is 30.8 Å². The molecule has 0 fully saturated rings. The van der Waals surface area contributed by atoms with Gasteiger partial charge in [0.1, 0.15) is 5.76 Å². The number of halogens is 3. The summed E-state index contributed by atoms with van der Waals surface area (Å²) in [6.45, 7) is 5.41. The summed E-state index contributed by atoms with van der Waals surface area (Å²) in [6, 6.07) is 5.09. The van der Waals surface area contributed by atoms with Gasteiger partial charge in [-0.05, 0) is 36.6 Å². The van der Waals surface area contributed by atoms with Gasteiger partial charge in [0.25, 0.3) is 5.91 Å². The molecule has 6 nitrogen and oxygen atoms in total. The molecule has 0 spiro atoms. The van der Waals surface area contributed by atoms with Crippen molar-refractivity contribution in [1.29, 1.82) is 0 Å². The topological polar surface area (TPSA) is 77.1 Å². The minimum atomic E-state index is -4.71. The van der Waals surface area contributed by atoms with Crippen LogP contribution in [0.1, 0.15) is 58.1 Å². The average Bonchev–Trinajstić information content (AvgIpc) is 3.28. The Morgan fingerprint density at radius 1 is 1.26 bits per heavy atom. The van der Waals surface area contributed by atoms with Crippen LogP contribution in [0.3, 0.4) is 0 Å². The van der Waals surface area contributed by atoms with E-state index in [9.17, 15) is 22.8 Å². The molecule has 2 heterocycles. The number of nitrogens with one attached hydrogen (secondary N) is 1. The number of alkyl halides is 3. The van der Waals surface area contributed by atoms with Crippen LogP contribution >= 0.6 is 0 Å². The summed E-state index contributed by atoms with van der Waals surface area (Å²) in [5.74, 6) is -0.727. The van der Waals surface area contributed by atoms with Crippen molar-refractivity contribution in [3.63, 3.8) is 0 Å². The van der Waals surface area contributed by atoms with E-state index in [4.69, 9.17) is 4.42 Å². The van der Waals surface area contributed by atoms with Gasteiger partial charge in [-0.15, -0.1) is 0 Å². The zero-order valence-corrected chi connectivity index (χ0v) is 17.1. The van der Waals surface area contributed by atoms with Crippen molar-refractivity contribution in [3.05, 3.63) is 64.9 Å². The van der Waals surface area contributed by atoms with Gasteiger partial charge in [-0.25, -0.2) is 4.68 Å². The SMILES string of the molecule is Cc1c(C(=O)Nc2ccc(-n3cccn3)cc2C(F)(F)F)oc2c1C(=O)CC(C)(C)C2. The number of fused-ring (bicyclic) bond motifs is 1. The lowest BCUT2D eigenvalue weighted by atomic mass is 9.76. The number of ketones is 1. The largest absolute Gasteiger partial charge is 0.455 e. The number of rotatable bonds is 3. The fraction of sp³-hybridized carbons (Fsp3) is 0.318. The van der Waals surface area contributed by atoms with E-state index in [1.54, 1.807) is 13.0 Å². The van der Waals surface area contributed by atoms with Gasteiger partial charge in [0.15, 0.2) is 11.5 Å². The quantitative estimate of drug-likeness (QED) is 0.618. The molecule has 2 aromatic heterocycles. The Balaban J connectivity index is 1.69. The monoisotopic (exact) mass is 431 g/mol. The number of aromatic nitrogens is 2. The number of amides is 1. The third-order valence-corrected chi connectivity index (χ3v) is 5.31. The predicted octanol–water partition coefficient (Wildman–Crippen LogP) is 5.20. The van der Waals surface area contributed by atoms with Gasteiger partial charge in [-0.2, -0.15) is 18.3 Å². The first-order valence-electron chi connectivity index (χ1n) is 9.64. The van der Waals surface area contributed by atoms with Gasteiger partial charge in [0.05, 0.1) is 22.5 Å². The van der Waals surface area contributed by atoms with Gasteiger partial charge < -0.3 is 9.73 Å². The highest BCUT2D eigenvalue weighted by Gasteiger charge is 2.38. The molecule has 4 rings (SSSR count). The zero-order chi connectivity index (χ0) is 22.6. The van der Waals surface area contributed by atoms with E-state index in [1.165, 1.54) is 29.2 Å². The van der Waals surface area contributed by atoms with Crippen LogP contribution in [0.25, 0.3) is 5.69 Å². The van der Waals surface area contributed by atoms with E-state index < -0.39 is 23.3 Å². The number of hydrogen-bond donors (Lipinski definition) is 1. The van der Waals surface area contributed by atoms with Gasteiger partial charge in [-0.3, -0.25) is 9.59 Å². The first-order chi connectivity index (χ1) is 14.5. The minimum absolute atomic E-state index is 0.133. The highest BCUT2D eigenvalue weighted by atomic mass is 19.4. The van der Waals surface area contributed by atoms with Crippen LogP contribution in [0.2, 0.25) is 0 Å². The smallest absolute Gasteiger partial charge is 0.418 e. The molecule has 1 aliphatic carbocycles. The molecular weight excluding hydrogens is 411 g/mol. The molecule has 0 bridgehead atoms. The standard InChI is InChI=1S/C22H20F3N3O3/c1-12-18-16(29)10-21(2,3)11-17(18)31-19(12)20(30)27-15-6-5-13(28-8-4-7-26-28)9-14(15)22(23,24)25/h4-9H,10-11H2,1-3H3,(H,27,30). The van der Waals surface area contributed by atoms with E-state index >= 15 is 0 Å². The summed E-state index contributed by atoms with van der Waals surface area (Å²) in [5.41, 5.74) is -0.834. The molecule has 0 unspecified atom stereocenters. The number of Topliss-reactive ketones (excluding diaryl/α,β-unsaturated/α-hetero) is 1. The summed E-state index contributed by atoms with van der Waals surface area (Å²) >= 11 is 0. The van der Waals surface area contributed by atoms with E-state index in [0.29, 0.717) is 29.7 Å². The number of nitrogens with zero attached hydrogens (tertiary/aromatic N) is 2. The second kappa shape index (κ2) is 7.11. The van der Waals surface area contributed by atoms with Crippen LogP contribution in [0.15, 0.2) is 41.1 Å². The van der Waals surface area contributed by atoms with Crippen molar-refractivity contribution >= 4 is 17.4 Å². The molecule has 1 amide bonds. The highest BCUT2D eigenvalue weighted by molar-refractivity contribution is 6.08. The predicted molar refractivity (Wildman–Crippen MR) is 106 cm³/mol. The molecule has 162 valence electrons. The van der Waals surface area contributed by atoms with Crippen molar-refractivity contribution in [2.45, 2.75) is 39.8 Å². The summed E-state index contributed by atoms with van der Waals surface area (Å²) in [7, 11) is 0. The summed E-state index contributed by atoms with van der Waals surface area (Å²) in [5, 5.41) is 6.23. The third kappa shape index (κ3) is 3.87. The fourth-order valence-corrected chi connectivity index (χ4v) is 3.92. The van der Waals surface area contributed by atoms with Crippen LogP contribution in [0.4, 0.5) is 18.9 Å². The molecule has 0 saturated carbocycles. The average molecular weight is 431 g/mol. The van der Waals surface area contributed by atoms with Crippen LogP contribution in [0.5, 0.6) is 0 Å². The molecule has 0 atom stereocenters. The summed E-state index contributed by atoms with van der Waals surface area (Å²) in [6.07, 6.45) is -0.956. The maximum atomic E-state index is 13.7. The van der Waals surface area contributed by atoms with E-state index in [1.807, 2.05) is 13.8 Å². The van der Waals surface area contributed by atoms with Crippen molar-refractivity contribution in [2.24, 2.45) is 5.41 Å². The Bertz CT molecular complexity index is 1170. The molecule has 1 N–H and O–H groups in total. The molecule has 0 saturated heterocycles.